The van der Waals surface area contributed by atoms with Crippen molar-refractivity contribution in [2.45, 2.75) is 52.7 Å². The van der Waals surface area contributed by atoms with Crippen LogP contribution in [-0.4, -0.2) is 36.6 Å². The maximum atomic E-state index is 11.9. The third kappa shape index (κ3) is 7.43. The lowest BCUT2D eigenvalue weighted by Crippen LogP contribution is -2.46. The fraction of sp³-hybridized carbons (Fsp3) is 0.769. The highest BCUT2D eigenvalue weighted by Gasteiger charge is 2.28. The number of methoxy groups -OCH3 is 1. The molecule has 6 heteroatoms. The smallest absolute Gasteiger partial charge is 0.408 e. The molecule has 0 saturated carbocycles. The minimum atomic E-state index is -0.769. The lowest BCUT2D eigenvalue weighted by Gasteiger charge is -2.24. The van der Waals surface area contributed by atoms with E-state index in [0.29, 0.717) is 0 Å². The summed E-state index contributed by atoms with van der Waals surface area (Å²) in [6.45, 7) is 8.74. The lowest BCUT2D eigenvalue weighted by atomic mass is 9.98. The van der Waals surface area contributed by atoms with Gasteiger partial charge in [-0.05, 0) is 26.7 Å². The maximum Gasteiger partial charge on any atom is 0.408 e. The number of ether oxygens (including phenoxy) is 2. The Morgan fingerprint density at radius 2 is 1.68 bits per heavy atom. The van der Waals surface area contributed by atoms with Gasteiger partial charge < -0.3 is 14.8 Å². The first-order valence-electron chi connectivity index (χ1n) is 6.16. The molecule has 1 amide bonds. The summed E-state index contributed by atoms with van der Waals surface area (Å²) < 4.78 is 9.51. The molecule has 0 heterocycles. The number of Topliss-reactive ketones (excluding diaryl/α,β-unsaturated/α-hetero) is 1. The van der Waals surface area contributed by atoms with Crippen molar-refractivity contribution in [3.8, 4) is 0 Å². The molecule has 0 bridgehead atoms. The molecule has 0 aromatic heterocycles. The second kappa shape index (κ2) is 7.11. The van der Waals surface area contributed by atoms with Gasteiger partial charge in [-0.1, -0.05) is 13.8 Å². The van der Waals surface area contributed by atoms with Crippen molar-refractivity contribution in [2.75, 3.05) is 7.11 Å². The molecule has 0 aliphatic rings. The van der Waals surface area contributed by atoms with Crippen LogP contribution in [0.5, 0.6) is 0 Å². The molecule has 0 aromatic carbocycles. The Labute approximate surface area is 113 Å². The summed E-state index contributed by atoms with van der Waals surface area (Å²) in [6.07, 6.45) is -1.04. The largest absolute Gasteiger partial charge is 0.469 e. The predicted octanol–water partition coefficient (Wildman–Crippen LogP) is 1.67. The van der Waals surface area contributed by atoms with Crippen molar-refractivity contribution >= 4 is 17.8 Å². The summed E-state index contributed by atoms with van der Waals surface area (Å²) in [5, 5.41) is 2.48. The van der Waals surface area contributed by atoms with E-state index in [1.165, 1.54) is 7.11 Å². The molecular weight excluding hydrogens is 250 g/mol. The van der Waals surface area contributed by atoms with E-state index in [-0.39, 0.29) is 12.3 Å². The number of esters is 1. The van der Waals surface area contributed by atoms with Crippen molar-refractivity contribution in [3.63, 3.8) is 0 Å². The number of hydrogen-bond acceptors (Lipinski definition) is 5. The average molecular weight is 273 g/mol. The third-order valence-electron chi connectivity index (χ3n) is 2.23. The molecule has 1 N–H and O–H groups in total. The second-order valence-corrected chi connectivity index (χ2v) is 5.59. The Morgan fingerprint density at radius 3 is 2.05 bits per heavy atom. The van der Waals surface area contributed by atoms with Gasteiger partial charge in [-0.25, -0.2) is 4.79 Å². The molecule has 6 nitrogen and oxygen atoms in total. The van der Waals surface area contributed by atoms with Crippen LogP contribution in [0.25, 0.3) is 0 Å². The van der Waals surface area contributed by atoms with Crippen LogP contribution in [-0.2, 0) is 19.1 Å². The first-order valence-corrected chi connectivity index (χ1v) is 6.16. The van der Waals surface area contributed by atoms with E-state index in [1.807, 2.05) is 0 Å². The number of carbonyl (C=O) groups excluding carboxylic acids is 3. The van der Waals surface area contributed by atoms with Crippen LogP contribution in [0.4, 0.5) is 4.79 Å². The molecule has 0 saturated heterocycles. The Bertz CT molecular complexity index is 343. The van der Waals surface area contributed by atoms with E-state index in [0.717, 1.165) is 0 Å². The van der Waals surface area contributed by atoms with Gasteiger partial charge in [-0.15, -0.1) is 0 Å². The van der Waals surface area contributed by atoms with Gasteiger partial charge in [0, 0.05) is 0 Å². The van der Waals surface area contributed by atoms with Crippen molar-refractivity contribution < 1.29 is 23.9 Å². The van der Waals surface area contributed by atoms with Gasteiger partial charge in [0.2, 0.25) is 0 Å². The Balaban J connectivity index is 4.62. The van der Waals surface area contributed by atoms with Crippen molar-refractivity contribution in [1.29, 1.82) is 0 Å². The first-order chi connectivity index (χ1) is 8.56. The minimum absolute atomic E-state index is 0.148. The van der Waals surface area contributed by atoms with Crippen molar-refractivity contribution in [2.24, 2.45) is 5.92 Å². The van der Waals surface area contributed by atoms with Crippen LogP contribution in [0.3, 0.4) is 0 Å². The van der Waals surface area contributed by atoms with Crippen LogP contribution in [0.1, 0.15) is 41.0 Å². The lowest BCUT2D eigenvalue weighted by molar-refractivity contribution is -0.144. The van der Waals surface area contributed by atoms with Gasteiger partial charge in [-0.2, -0.15) is 0 Å². The van der Waals surface area contributed by atoms with Gasteiger partial charge in [0.05, 0.1) is 13.2 Å². The van der Waals surface area contributed by atoms with Gasteiger partial charge in [0.25, 0.3) is 0 Å². The van der Waals surface area contributed by atoms with Gasteiger partial charge in [0.15, 0.2) is 5.78 Å². The summed E-state index contributed by atoms with van der Waals surface area (Å²) in [7, 11) is 1.21. The second-order valence-electron chi connectivity index (χ2n) is 5.59. The Morgan fingerprint density at radius 1 is 1.16 bits per heavy atom. The molecule has 0 unspecified atom stereocenters. The SMILES string of the molecule is COC(=O)CC(=O)[C@H](NC(=O)OC(C)(C)C)C(C)C. The molecule has 0 aliphatic heterocycles. The molecule has 0 radical (unpaired) electrons. The van der Waals surface area contributed by atoms with E-state index in [1.54, 1.807) is 34.6 Å². The molecule has 19 heavy (non-hydrogen) atoms. The topological polar surface area (TPSA) is 81.7 Å². The quantitative estimate of drug-likeness (QED) is 0.608. The highest BCUT2D eigenvalue weighted by Crippen LogP contribution is 2.10. The Kier molecular flexibility index (Phi) is 6.52. The average Bonchev–Trinajstić information content (AvgIpc) is 2.22. The zero-order valence-corrected chi connectivity index (χ0v) is 12.4. The highest BCUT2D eigenvalue weighted by atomic mass is 16.6. The van der Waals surface area contributed by atoms with Crippen LogP contribution in [0.15, 0.2) is 0 Å². The number of amides is 1. The first kappa shape index (κ1) is 17.4. The monoisotopic (exact) mass is 273 g/mol. The molecule has 110 valence electrons. The third-order valence-corrected chi connectivity index (χ3v) is 2.23. The summed E-state index contributed by atoms with van der Waals surface area (Å²) in [6, 6.07) is -0.769. The van der Waals surface area contributed by atoms with E-state index in [2.05, 4.69) is 10.1 Å². The zero-order valence-electron chi connectivity index (χ0n) is 12.4. The molecule has 0 fully saturated rings. The van der Waals surface area contributed by atoms with Crippen molar-refractivity contribution in [1.82, 2.24) is 5.32 Å². The molecule has 0 spiro atoms. The highest BCUT2D eigenvalue weighted by molar-refractivity contribution is 5.99. The van der Waals surface area contributed by atoms with Crippen molar-refractivity contribution in [3.05, 3.63) is 0 Å². The van der Waals surface area contributed by atoms with Crippen LogP contribution in [0, 0.1) is 5.92 Å². The maximum absolute atomic E-state index is 11.9. The van der Waals surface area contributed by atoms with E-state index in [4.69, 9.17) is 4.74 Å². The van der Waals surface area contributed by atoms with Crippen LogP contribution >= 0.6 is 0 Å². The Hall–Kier alpha value is -1.59. The summed E-state index contributed by atoms with van der Waals surface area (Å²) >= 11 is 0. The number of ketones is 1. The molecule has 1 atom stereocenters. The number of rotatable bonds is 5. The van der Waals surface area contributed by atoms with Crippen LogP contribution in [0.2, 0.25) is 0 Å². The number of carbonyl (C=O) groups is 3. The molecule has 0 aliphatic carbocycles. The van der Waals surface area contributed by atoms with Gasteiger partial charge >= 0.3 is 12.1 Å². The number of alkyl carbamates (subject to hydrolysis) is 1. The van der Waals surface area contributed by atoms with Crippen LogP contribution < -0.4 is 5.32 Å². The standard InChI is InChI=1S/C13H23NO5/c1-8(2)11(9(15)7-10(16)18-6)14-12(17)19-13(3,4)5/h8,11H,7H2,1-6H3,(H,14,17)/t11-/m1/s1. The van der Waals surface area contributed by atoms with E-state index < -0.39 is 29.5 Å². The van der Waals surface area contributed by atoms with Gasteiger partial charge in [-0.3, -0.25) is 9.59 Å². The predicted molar refractivity (Wildman–Crippen MR) is 69.6 cm³/mol. The normalized spacial score (nSPS) is 12.8. The number of nitrogens with one attached hydrogen (secondary N) is 1. The summed E-state index contributed by atoms with van der Waals surface area (Å²) in [5.74, 6) is -1.17. The van der Waals surface area contributed by atoms with E-state index >= 15 is 0 Å². The molecule has 0 rings (SSSR count). The number of hydrogen-bond donors (Lipinski definition) is 1. The summed E-state index contributed by atoms with van der Waals surface area (Å²) in [5.41, 5.74) is -0.642. The van der Waals surface area contributed by atoms with Gasteiger partial charge in [0.1, 0.15) is 12.0 Å². The molecule has 0 aromatic rings. The minimum Gasteiger partial charge on any atom is -0.469 e. The fourth-order valence-electron chi connectivity index (χ4n) is 1.38. The zero-order chi connectivity index (χ0) is 15.2. The fourth-order valence-corrected chi connectivity index (χ4v) is 1.38. The summed E-state index contributed by atoms with van der Waals surface area (Å²) in [4.78, 5) is 34.6. The molecular formula is C13H23NO5. The van der Waals surface area contributed by atoms with E-state index in [9.17, 15) is 14.4 Å².